The lowest BCUT2D eigenvalue weighted by Gasteiger charge is -2.18. The molecule has 0 aliphatic heterocycles. The van der Waals surface area contributed by atoms with Crippen LogP contribution in [-0.2, 0) is 23.8 Å². The highest BCUT2D eigenvalue weighted by molar-refractivity contribution is 6.41. The number of ketones is 2. The summed E-state index contributed by atoms with van der Waals surface area (Å²) >= 11 is 0. The van der Waals surface area contributed by atoms with Gasteiger partial charge in [0, 0.05) is 11.1 Å². The molecule has 0 saturated heterocycles. The molecule has 0 spiro atoms. The smallest absolute Gasteiger partial charge is 0.339 e. The van der Waals surface area contributed by atoms with Crippen molar-refractivity contribution in [2.24, 2.45) is 0 Å². The van der Waals surface area contributed by atoms with Gasteiger partial charge in [0.15, 0.2) is 17.7 Å². The Hall–Kier alpha value is -3.06. The quantitative estimate of drug-likeness (QED) is 0.332. The minimum atomic E-state index is -1.59. The number of benzene rings is 1. The highest BCUT2D eigenvalue weighted by Gasteiger charge is 2.42. The average molecular weight is 344 g/mol. The molecule has 0 amide bonds. The van der Waals surface area contributed by atoms with Gasteiger partial charge in [0.25, 0.3) is 0 Å². The summed E-state index contributed by atoms with van der Waals surface area (Å²) in [6.45, 7) is 3.35. The summed E-state index contributed by atoms with van der Waals surface area (Å²) in [4.78, 5) is 49.6. The van der Waals surface area contributed by atoms with E-state index >= 15 is 0 Å². The van der Waals surface area contributed by atoms with Crippen molar-refractivity contribution in [2.75, 3.05) is 20.8 Å². The summed E-state index contributed by atoms with van der Waals surface area (Å²) in [7, 11) is 2.17. The van der Waals surface area contributed by atoms with Crippen molar-refractivity contribution in [2.45, 2.75) is 6.10 Å². The third-order valence-electron chi connectivity index (χ3n) is 3.60. The van der Waals surface area contributed by atoms with Crippen LogP contribution in [0.3, 0.4) is 0 Å². The van der Waals surface area contributed by atoms with E-state index in [2.05, 4.69) is 16.1 Å². The van der Waals surface area contributed by atoms with Crippen molar-refractivity contribution in [3.63, 3.8) is 0 Å². The Morgan fingerprint density at radius 2 is 1.64 bits per heavy atom. The molecule has 0 fully saturated rings. The fraction of sp³-hybridized carbons (Fsp3) is 0.222. The molecule has 1 atom stereocenters. The number of carbonyl (C=O) groups excluding carboxylic acids is 4. The van der Waals surface area contributed by atoms with Gasteiger partial charge in [-0.15, -0.1) is 6.58 Å². The number of carbonyl (C=O) groups is 4. The van der Waals surface area contributed by atoms with E-state index in [1.165, 1.54) is 18.2 Å². The lowest BCUT2D eigenvalue weighted by molar-refractivity contribution is -0.154. The lowest BCUT2D eigenvalue weighted by Crippen LogP contribution is -2.34. The monoisotopic (exact) mass is 344 g/mol. The van der Waals surface area contributed by atoms with Gasteiger partial charge in [0.2, 0.25) is 0 Å². The summed E-state index contributed by atoms with van der Waals surface area (Å²) in [5, 5.41) is 0. The van der Waals surface area contributed by atoms with Crippen LogP contribution in [0.5, 0.6) is 0 Å². The number of esters is 2. The van der Waals surface area contributed by atoms with Crippen LogP contribution in [0.2, 0.25) is 0 Å². The van der Waals surface area contributed by atoms with Gasteiger partial charge >= 0.3 is 11.9 Å². The van der Waals surface area contributed by atoms with Gasteiger partial charge in [0.05, 0.1) is 32.0 Å². The van der Waals surface area contributed by atoms with Crippen LogP contribution in [-0.4, -0.2) is 50.4 Å². The predicted molar refractivity (Wildman–Crippen MR) is 86.1 cm³/mol. The van der Waals surface area contributed by atoms with Crippen LogP contribution in [0, 0.1) is 0 Å². The number of methoxy groups -OCH3 is 2. The zero-order chi connectivity index (χ0) is 18.6. The first-order chi connectivity index (χ1) is 12.0. The molecule has 0 heterocycles. The van der Waals surface area contributed by atoms with Gasteiger partial charge in [-0.3, -0.25) is 9.59 Å². The standard InChI is InChI=1S/C18H16O7/c1-4-9-25-16(18(22)24-3)13(17(21)23-2)12-14(19)10-7-5-6-8-11(10)15(12)20/h4-8,16H,1,9H2,2-3H3. The van der Waals surface area contributed by atoms with Crippen molar-refractivity contribution >= 4 is 23.5 Å². The number of rotatable bonds is 6. The maximum Gasteiger partial charge on any atom is 0.339 e. The molecule has 0 radical (unpaired) electrons. The van der Waals surface area contributed by atoms with Gasteiger partial charge in [-0.05, 0) is 0 Å². The van der Waals surface area contributed by atoms with Gasteiger partial charge in [-0.2, -0.15) is 0 Å². The minimum Gasteiger partial charge on any atom is -0.467 e. The van der Waals surface area contributed by atoms with Crippen molar-refractivity contribution in [1.82, 2.24) is 0 Å². The molecule has 1 unspecified atom stereocenters. The zero-order valence-corrected chi connectivity index (χ0v) is 13.7. The third kappa shape index (κ3) is 3.27. The van der Waals surface area contributed by atoms with E-state index in [0.717, 1.165) is 14.2 Å². The van der Waals surface area contributed by atoms with E-state index in [0.29, 0.717) is 0 Å². The second-order valence-corrected chi connectivity index (χ2v) is 5.01. The summed E-state index contributed by atoms with van der Waals surface area (Å²) in [5.74, 6) is -3.30. The highest BCUT2D eigenvalue weighted by Crippen LogP contribution is 2.31. The maximum absolute atomic E-state index is 12.6. The molecular weight excluding hydrogens is 328 g/mol. The Labute approximate surface area is 143 Å². The first-order valence-electron chi connectivity index (χ1n) is 7.29. The molecule has 0 bridgehead atoms. The Balaban J connectivity index is 2.68. The molecule has 1 aromatic rings. The molecule has 0 aromatic heterocycles. The minimum absolute atomic E-state index is 0.108. The van der Waals surface area contributed by atoms with Crippen LogP contribution >= 0.6 is 0 Å². The van der Waals surface area contributed by atoms with E-state index in [1.54, 1.807) is 12.1 Å². The second-order valence-electron chi connectivity index (χ2n) is 5.01. The molecule has 0 saturated carbocycles. The first kappa shape index (κ1) is 18.3. The average Bonchev–Trinajstić information content (AvgIpc) is 2.89. The molecule has 2 rings (SSSR count). The number of fused-ring (bicyclic) bond motifs is 1. The third-order valence-corrected chi connectivity index (χ3v) is 3.60. The Kier molecular flexibility index (Phi) is 5.61. The normalized spacial score (nSPS) is 13.9. The summed E-state index contributed by atoms with van der Waals surface area (Å²) in [5.41, 5.74) is -0.637. The Morgan fingerprint density at radius 1 is 1.08 bits per heavy atom. The fourth-order valence-corrected chi connectivity index (χ4v) is 2.49. The van der Waals surface area contributed by atoms with E-state index in [4.69, 9.17) is 4.74 Å². The molecule has 7 heteroatoms. The number of hydrogen-bond acceptors (Lipinski definition) is 7. The molecule has 0 N–H and O–H groups in total. The van der Waals surface area contributed by atoms with Crippen LogP contribution in [0.25, 0.3) is 0 Å². The summed E-state index contributed by atoms with van der Waals surface area (Å²) < 4.78 is 14.6. The number of allylic oxidation sites excluding steroid dienone is 1. The van der Waals surface area contributed by atoms with Gasteiger partial charge < -0.3 is 14.2 Å². The van der Waals surface area contributed by atoms with E-state index in [-0.39, 0.29) is 17.7 Å². The van der Waals surface area contributed by atoms with Crippen LogP contribution in [0.1, 0.15) is 20.7 Å². The predicted octanol–water partition coefficient (Wildman–Crippen LogP) is 1.28. The van der Waals surface area contributed by atoms with Crippen molar-refractivity contribution in [3.8, 4) is 0 Å². The SMILES string of the molecule is C=CCOC(C(=O)OC)C(C(=O)OC)=C1C(=O)c2ccccc2C1=O. The Morgan fingerprint density at radius 3 is 2.08 bits per heavy atom. The molecule has 7 nitrogen and oxygen atoms in total. The molecule has 1 aliphatic carbocycles. The number of hydrogen-bond donors (Lipinski definition) is 0. The summed E-state index contributed by atoms with van der Waals surface area (Å²) in [6, 6.07) is 6.12. The Bertz CT molecular complexity index is 751. The first-order valence-corrected chi connectivity index (χ1v) is 7.29. The van der Waals surface area contributed by atoms with Crippen molar-refractivity contribution < 1.29 is 33.4 Å². The summed E-state index contributed by atoms with van der Waals surface area (Å²) in [6.07, 6.45) is -0.240. The largest absolute Gasteiger partial charge is 0.467 e. The number of Topliss-reactive ketones (excluding diaryl/α,β-unsaturated/α-hetero) is 2. The molecule has 130 valence electrons. The highest BCUT2D eigenvalue weighted by atomic mass is 16.6. The van der Waals surface area contributed by atoms with Gasteiger partial charge in [-0.25, -0.2) is 9.59 Å². The van der Waals surface area contributed by atoms with Crippen LogP contribution in [0.15, 0.2) is 48.1 Å². The van der Waals surface area contributed by atoms with Crippen LogP contribution in [0.4, 0.5) is 0 Å². The number of ether oxygens (including phenoxy) is 3. The van der Waals surface area contributed by atoms with Crippen molar-refractivity contribution in [1.29, 1.82) is 0 Å². The van der Waals surface area contributed by atoms with Gasteiger partial charge in [0.1, 0.15) is 0 Å². The molecule has 1 aromatic carbocycles. The van der Waals surface area contributed by atoms with Gasteiger partial charge in [-0.1, -0.05) is 30.3 Å². The topological polar surface area (TPSA) is 96.0 Å². The van der Waals surface area contributed by atoms with Crippen molar-refractivity contribution in [3.05, 3.63) is 59.2 Å². The molecule has 25 heavy (non-hydrogen) atoms. The fourth-order valence-electron chi connectivity index (χ4n) is 2.49. The zero-order valence-electron chi connectivity index (χ0n) is 13.7. The molecular formula is C18H16O7. The van der Waals surface area contributed by atoms with Crippen LogP contribution < -0.4 is 0 Å². The van der Waals surface area contributed by atoms with E-state index in [1.807, 2.05) is 0 Å². The van der Waals surface area contributed by atoms with E-state index < -0.39 is 40.8 Å². The van der Waals surface area contributed by atoms with E-state index in [9.17, 15) is 19.2 Å². The lowest BCUT2D eigenvalue weighted by atomic mass is 9.98. The maximum atomic E-state index is 12.6. The second kappa shape index (κ2) is 7.67. The molecule has 1 aliphatic rings.